The lowest BCUT2D eigenvalue weighted by atomic mass is 10.3. The number of para-hydroxylation sites is 1. The lowest BCUT2D eigenvalue weighted by Crippen LogP contribution is -2.36. The minimum absolute atomic E-state index is 0.0259. The van der Waals surface area contributed by atoms with Gasteiger partial charge in [-0.2, -0.15) is 0 Å². The highest BCUT2D eigenvalue weighted by Gasteiger charge is 2.57. The number of thioether (sulfide) groups is 1. The van der Waals surface area contributed by atoms with E-state index in [1.807, 2.05) is 30.5 Å². The van der Waals surface area contributed by atoms with Crippen molar-refractivity contribution in [1.29, 1.82) is 0 Å². The number of alkyl halides is 2. The molecule has 2 rings (SSSR count). The van der Waals surface area contributed by atoms with E-state index in [0.717, 1.165) is 10.6 Å². The number of carbonyl (C=O) groups excluding carboxylic acids is 2. The van der Waals surface area contributed by atoms with Crippen molar-refractivity contribution < 1.29 is 9.59 Å². The highest BCUT2D eigenvalue weighted by molar-refractivity contribution is 7.98. The number of carbonyl (C=O) groups is 2. The van der Waals surface area contributed by atoms with Crippen molar-refractivity contribution in [1.82, 2.24) is 4.90 Å². The first-order valence-electron chi connectivity index (χ1n) is 6.41. The van der Waals surface area contributed by atoms with Crippen LogP contribution >= 0.6 is 35.0 Å². The molecule has 114 valence electrons. The van der Waals surface area contributed by atoms with Gasteiger partial charge in [0, 0.05) is 11.9 Å². The fourth-order valence-corrected chi connectivity index (χ4v) is 3.03. The number of likely N-dealkylation sites (N-methyl/N-ethyl adjacent to an activating group) is 1. The quantitative estimate of drug-likeness (QED) is 0.658. The van der Waals surface area contributed by atoms with Crippen molar-refractivity contribution >= 4 is 52.5 Å². The van der Waals surface area contributed by atoms with E-state index in [0.29, 0.717) is 6.42 Å². The molecule has 0 aliphatic heterocycles. The number of amides is 2. The van der Waals surface area contributed by atoms with Crippen molar-refractivity contribution in [3.8, 4) is 0 Å². The van der Waals surface area contributed by atoms with Gasteiger partial charge >= 0.3 is 0 Å². The topological polar surface area (TPSA) is 49.4 Å². The molecule has 1 aromatic carbocycles. The number of benzene rings is 1. The van der Waals surface area contributed by atoms with Crippen LogP contribution in [0.2, 0.25) is 0 Å². The van der Waals surface area contributed by atoms with E-state index >= 15 is 0 Å². The van der Waals surface area contributed by atoms with Crippen LogP contribution in [-0.4, -0.2) is 40.9 Å². The van der Waals surface area contributed by atoms with Crippen molar-refractivity contribution in [3.63, 3.8) is 0 Å². The van der Waals surface area contributed by atoms with Gasteiger partial charge < -0.3 is 10.2 Å². The van der Waals surface area contributed by atoms with E-state index in [-0.39, 0.29) is 18.4 Å². The second-order valence-electron chi connectivity index (χ2n) is 4.96. The molecule has 0 saturated heterocycles. The van der Waals surface area contributed by atoms with Gasteiger partial charge in [-0.05, 0) is 24.8 Å². The minimum Gasteiger partial charge on any atom is -0.336 e. The molecular formula is C14H16Cl2N2O2S. The minimum atomic E-state index is -0.965. The molecule has 4 nitrogen and oxygen atoms in total. The third kappa shape index (κ3) is 4.05. The zero-order valence-corrected chi connectivity index (χ0v) is 14.1. The van der Waals surface area contributed by atoms with Gasteiger partial charge in [0.05, 0.1) is 18.2 Å². The monoisotopic (exact) mass is 346 g/mol. The van der Waals surface area contributed by atoms with E-state index < -0.39 is 10.3 Å². The molecular weight excluding hydrogens is 331 g/mol. The first kappa shape index (κ1) is 16.5. The molecule has 1 atom stereocenters. The fourth-order valence-electron chi connectivity index (χ4n) is 1.98. The average Bonchev–Trinajstić information content (AvgIpc) is 3.07. The van der Waals surface area contributed by atoms with Gasteiger partial charge in [-0.1, -0.05) is 12.1 Å². The Morgan fingerprint density at radius 3 is 2.62 bits per heavy atom. The number of hydrogen-bond acceptors (Lipinski definition) is 3. The number of rotatable bonds is 5. The van der Waals surface area contributed by atoms with Crippen LogP contribution in [0.1, 0.15) is 6.42 Å². The van der Waals surface area contributed by atoms with E-state index in [1.165, 1.54) is 4.90 Å². The van der Waals surface area contributed by atoms with Gasteiger partial charge in [-0.25, -0.2) is 0 Å². The molecule has 7 heteroatoms. The van der Waals surface area contributed by atoms with Gasteiger partial charge in [0.25, 0.3) is 0 Å². The molecule has 1 aromatic rings. The fraction of sp³-hybridized carbons (Fsp3) is 0.429. The molecule has 21 heavy (non-hydrogen) atoms. The Labute approximate surface area is 138 Å². The summed E-state index contributed by atoms with van der Waals surface area (Å²) in [6, 6.07) is 7.51. The van der Waals surface area contributed by atoms with Crippen LogP contribution in [0.25, 0.3) is 0 Å². The average molecular weight is 347 g/mol. The largest absolute Gasteiger partial charge is 0.336 e. The molecule has 2 amide bonds. The van der Waals surface area contributed by atoms with Crippen molar-refractivity contribution in [2.75, 3.05) is 25.2 Å². The Morgan fingerprint density at radius 2 is 2.05 bits per heavy atom. The maximum atomic E-state index is 12.0. The molecule has 1 fully saturated rings. The first-order chi connectivity index (χ1) is 9.85. The Balaban J connectivity index is 1.91. The summed E-state index contributed by atoms with van der Waals surface area (Å²) in [6.07, 6.45) is 2.38. The van der Waals surface area contributed by atoms with Gasteiger partial charge in [-0.15, -0.1) is 35.0 Å². The molecule has 0 aromatic heterocycles. The number of hydrogen-bond donors (Lipinski definition) is 1. The zero-order chi connectivity index (χ0) is 15.6. The van der Waals surface area contributed by atoms with Crippen LogP contribution in [0.3, 0.4) is 0 Å². The summed E-state index contributed by atoms with van der Waals surface area (Å²) in [6.45, 7) is -0.0259. The summed E-state index contributed by atoms with van der Waals surface area (Å²) >= 11 is 13.3. The molecule has 1 unspecified atom stereocenters. The van der Waals surface area contributed by atoms with Crippen LogP contribution in [-0.2, 0) is 9.59 Å². The predicted octanol–water partition coefficient (Wildman–Crippen LogP) is 3.00. The van der Waals surface area contributed by atoms with E-state index in [1.54, 1.807) is 18.8 Å². The highest BCUT2D eigenvalue weighted by atomic mass is 35.5. The van der Waals surface area contributed by atoms with E-state index in [2.05, 4.69) is 5.32 Å². The normalized spacial score (nSPS) is 19.0. The zero-order valence-electron chi connectivity index (χ0n) is 11.7. The molecule has 1 aliphatic carbocycles. The third-order valence-corrected chi connectivity index (χ3v) is 4.89. The SMILES string of the molecule is CSc1ccccc1NC(=O)CN(C)C(=O)C1CC1(Cl)Cl. The predicted molar refractivity (Wildman–Crippen MR) is 87.0 cm³/mol. The van der Waals surface area contributed by atoms with Crippen LogP contribution in [0.5, 0.6) is 0 Å². The van der Waals surface area contributed by atoms with Gasteiger partial charge in [0.15, 0.2) is 0 Å². The maximum absolute atomic E-state index is 12.0. The summed E-state index contributed by atoms with van der Waals surface area (Å²) in [5.74, 6) is -0.854. The molecule has 1 aliphatic rings. The summed E-state index contributed by atoms with van der Waals surface area (Å²) in [5, 5.41) is 2.81. The van der Waals surface area contributed by atoms with E-state index in [4.69, 9.17) is 23.2 Å². The molecule has 1 saturated carbocycles. The second-order valence-corrected chi connectivity index (χ2v) is 7.35. The van der Waals surface area contributed by atoms with Crippen LogP contribution < -0.4 is 5.32 Å². The number of anilines is 1. The smallest absolute Gasteiger partial charge is 0.244 e. The molecule has 0 bridgehead atoms. The lowest BCUT2D eigenvalue weighted by Gasteiger charge is -2.17. The number of halogens is 2. The van der Waals surface area contributed by atoms with E-state index in [9.17, 15) is 9.59 Å². The Morgan fingerprint density at radius 1 is 1.43 bits per heavy atom. The first-order valence-corrected chi connectivity index (χ1v) is 8.39. The lowest BCUT2D eigenvalue weighted by molar-refractivity contribution is -0.134. The molecule has 0 radical (unpaired) electrons. The summed E-state index contributed by atoms with van der Waals surface area (Å²) in [4.78, 5) is 26.4. The standard InChI is InChI=1S/C14H16Cl2N2O2S/c1-18(13(20)9-7-14(9,15)16)8-12(19)17-10-5-3-4-6-11(10)21-2/h3-6,9H,7-8H2,1-2H3,(H,17,19). The van der Waals surface area contributed by atoms with Crippen LogP contribution in [0, 0.1) is 5.92 Å². The highest BCUT2D eigenvalue weighted by Crippen LogP contribution is 2.53. The molecule has 1 N–H and O–H groups in total. The second kappa shape index (κ2) is 6.46. The maximum Gasteiger partial charge on any atom is 0.244 e. The van der Waals surface area contributed by atoms with Crippen molar-refractivity contribution in [2.45, 2.75) is 15.6 Å². The van der Waals surface area contributed by atoms with Gasteiger partial charge in [0.1, 0.15) is 4.33 Å². The summed E-state index contributed by atoms with van der Waals surface area (Å²) in [7, 11) is 1.57. The Hall–Kier alpha value is -0.910. The third-order valence-electron chi connectivity index (χ3n) is 3.26. The Bertz CT molecular complexity index is 566. The number of nitrogens with one attached hydrogen (secondary N) is 1. The van der Waals surface area contributed by atoms with Gasteiger partial charge in [0.2, 0.25) is 11.8 Å². The van der Waals surface area contributed by atoms with Crippen LogP contribution in [0.15, 0.2) is 29.2 Å². The van der Waals surface area contributed by atoms with Crippen molar-refractivity contribution in [3.05, 3.63) is 24.3 Å². The Kier molecular flexibility index (Phi) is 5.07. The summed E-state index contributed by atoms with van der Waals surface area (Å²) in [5.41, 5.74) is 0.742. The van der Waals surface area contributed by atoms with Gasteiger partial charge in [-0.3, -0.25) is 9.59 Å². The molecule has 0 spiro atoms. The summed E-state index contributed by atoms with van der Waals surface area (Å²) < 4.78 is -0.965. The molecule has 0 heterocycles. The van der Waals surface area contributed by atoms with Crippen molar-refractivity contribution in [2.24, 2.45) is 5.92 Å². The number of nitrogens with zero attached hydrogens (tertiary/aromatic N) is 1. The van der Waals surface area contributed by atoms with Crippen LogP contribution in [0.4, 0.5) is 5.69 Å².